The van der Waals surface area contributed by atoms with Crippen molar-refractivity contribution in [2.24, 2.45) is 5.92 Å². The van der Waals surface area contributed by atoms with Crippen LogP contribution in [0.1, 0.15) is 17.9 Å². The predicted octanol–water partition coefficient (Wildman–Crippen LogP) is 1.79. The summed E-state index contributed by atoms with van der Waals surface area (Å²) in [5.41, 5.74) is 0.901. The van der Waals surface area contributed by atoms with E-state index in [0.29, 0.717) is 12.4 Å². The Morgan fingerprint density at radius 2 is 2.37 bits per heavy atom. The third-order valence-electron chi connectivity index (χ3n) is 3.45. The van der Waals surface area contributed by atoms with E-state index in [0.717, 1.165) is 24.4 Å². The Kier molecular flexibility index (Phi) is 3.03. The Morgan fingerprint density at radius 1 is 1.47 bits per heavy atom. The first-order valence-electron chi connectivity index (χ1n) is 6.47. The molecular weight excluding hydrogens is 240 g/mol. The van der Waals surface area contributed by atoms with Crippen LogP contribution in [-0.4, -0.2) is 20.4 Å². The van der Waals surface area contributed by atoms with Crippen LogP contribution in [0.2, 0.25) is 0 Å². The number of fused-ring (bicyclic) bond motifs is 1. The van der Waals surface area contributed by atoms with Crippen LogP contribution in [-0.2, 0) is 17.8 Å². The molecule has 0 spiro atoms. The molecule has 3 rings (SSSR count). The van der Waals surface area contributed by atoms with E-state index in [2.05, 4.69) is 19.9 Å². The van der Waals surface area contributed by atoms with E-state index in [-0.39, 0.29) is 11.8 Å². The van der Waals surface area contributed by atoms with E-state index in [1.165, 1.54) is 0 Å². The summed E-state index contributed by atoms with van der Waals surface area (Å²) in [6.07, 6.45) is 5.42. The molecule has 0 aromatic carbocycles. The number of hydrogen-bond donors (Lipinski definition) is 1. The van der Waals surface area contributed by atoms with Gasteiger partial charge in [0.1, 0.15) is 11.6 Å². The number of hydrogen-bond acceptors (Lipinski definition) is 3. The average Bonchev–Trinajstić information content (AvgIpc) is 2.85. The number of nitrogens with one attached hydrogen (secondary N) is 1. The SMILES string of the molecule is Cc1cccc(NC(=O)C2CCc3nccn3C2)n1. The highest BCUT2D eigenvalue weighted by molar-refractivity contribution is 5.91. The number of amides is 1. The lowest BCUT2D eigenvalue weighted by molar-refractivity contribution is -0.120. The predicted molar refractivity (Wildman–Crippen MR) is 71.6 cm³/mol. The second-order valence-electron chi connectivity index (χ2n) is 4.88. The number of nitrogens with zero attached hydrogens (tertiary/aromatic N) is 3. The van der Waals surface area contributed by atoms with Gasteiger partial charge in [0.25, 0.3) is 0 Å². The molecule has 5 heteroatoms. The minimum Gasteiger partial charge on any atom is -0.334 e. The van der Waals surface area contributed by atoms with Crippen molar-refractivity contribution in [1.29, 1.82) is 0 Å². The summed E-state index contributed by atoms with van der Waals surface area (Å²) in [5.74, 6) is 1.72. The van der Waals surface area contributed by atoms with Crippen molar-refractivity contribution in [3.63, 3.8) is 0 Å². The zero-order valence-electron chi connectivity index (χ0n) is 10.8. The molecule has 0 radical (unpaired) electrons. The summed E-state index contributed by atoms with van der Waals surface area (Å²) < 4.78 is 2.05. The van der Waals surface area contributed by atoms with Crippen LogP contribution < -0.4 is 5.32 Å². The largest absolute Gasteiger partial charge is 0.334 e. The van der Waals surface area contributed by atoms with Gasteiger partial charge in [-0.3, -0.25) is 4.79 Å². The molecule has 1 aliphatic heterocycles. The number of pyridine rings is 1. The molecule has 1 atom stereocenters. The van der Waals surface area contributed by atoms with Crippen LogP contribution >= 0.6 is 0 Å². The molecule has 1 amide bonds. The fourth-order valence-corrected chi connectivity index (χ4v) is 2.42. The first kappa shape index (κ1) is 11.9. The zero-order chi connectivity index (χ0) is 13.2. The van der Waals surface area contributed by atoms with Gasteiger partial charge in [-0.15, -0.1) is 0 Å². The van der Waals surface area contributed by atoms with Crippen molar-refractivity contribution in [3.8, 4) is 0 Å². The van der Waals surface area contributed by atoms with Crippen LogP contribution in [0.5, 0.6) is 0 Å². The van der Waals surface area contributed by atoms with Gasteiger partial charge in [0.15, 0.2) is 0 Å². The number of aryl methyl sites for hydroxylation is 2. The van der Waals surface area contributed by atoms with Crippen molar-refractivity contribution < 1.29 is 4.79 Å². The van der Waals surface area contributed by atoms with E-state index in [9.17, 15) is 4.79 Å². The second-order valence-corrected chi connectivity index (χ2v) is 4.88. The molecular formula is C14H16N4O. The quantitative estimate of drug-likeness (QED) is 0.891. The zero-order valence-corrected chi connectivity index (χ0v) is 10.8. The van der Waals surface area contributed by atoms with Crippen LogP contribution in [0.4, 0.5) is 5.82 Å². The van der Waals surface area contributed by atoms with Gasteiger partial charge in [-0.2, -0.15) is 0 Å². The number of anilines is 1. The molecule has 0 fully saturated rings. The molecule has 98 valence electrons. The number of imidazole rings is 1. The highest BCUT2D eigenvalue weighted by Crippen LogP contribution is 2.20. The Bertz CT molecular complexity index is 605. The molecule has 19 heavy (non-hydrogen) atoms. The van der Waals surface area contributed by atoms with E-state index in [1.807, 2.05) is 31.3 Å². The maximum Gasteiger partial charge on any atom is 0.230 e. The van der Waals surface area contributed by atoms with Crippen molar-refractivity contribution in [3.05, 3.63) is 42.1 Å². The normalized spacial score (nSPS) is 17.8. The van der Waals surface area contributed by atoms with Gasteiger partial charge in [-0.1, -0.05) is 6.07 Å². The van der Waals surface area contributed by atoms with Gasteiger partial charge in [-0.25, -0.2) is 9.97 Å². The van der Waals surface area contributed by atoms with E-state index in [4.69, 9.17) is 0 Å². The fraction of sp³-hybridized carbons (Fsp3) is 0.357. The summed E-state index contributed by atoms with van der Waals surface area (Å²) in [5, 5.41) is 2.89. The molecule has 0 aliphatic carbocycles. The summed E-state index contributed by atoms with van der Waals surface area (Å²) in [7, 11) is 0. The van der Waals surface area contributed by atoms with Crippen molar-refractivity contribution in [1.82, 2.24) is 14.5 Å². The van der Waals surface area contributed by atoms with Gasteiger partial charge >= 0.3 is 0 Å². The number of carbonyl (C=O) groups is 1. The Labute approximate surface area is 111 Å². The molecule has 2 aromatic heterocycles. The molecule has 0 saturated heterocycles. The van der Waals surface area contributed by atoms with Crippen LogP contribution in [0.15, 0.2) is 30.6 Å². The second kappa shape index (κ2) is 4.84. The van der Waals surface area contributed by atoms with Crippen molar-refractivity contribution in [2.75, 3.05) is 5.32 Å². The smallest absolute Gasteiger partial charge is 0.230 e. The molecule has 0 saturated carbocycles. The van der Waals surface area contributed by atoms with Gasteiger partial charge in [-0.05, 0) is 25.5 Å². The maximum absolute atomic E-state index is 12.2. The number of rotatable bonds is 2. The maximum atomic E-state index is 12.2. The highest BCUT2D eigenvalue weighted by Gasteiger charge is 2.25. The Morgan fingerprint density at radius 3 is 3.21 bits per heavy atom. The number of carbonyl (C=O) groups excluding carboxylic acids is 1. The summed E-state index contributed by atoms with van der Waals surface area (Å²) in [6.45, 7) is 2.61. The molecule has 3 heterocycles. The van der Waals surface area contributed by atoms with Crippen LogP contribution in [0, 0.1) is 12.8 Å². The van der Waals surface area contributed by atoms with Crippen molar-refractivity contribution >= 4 is 11.7 Å². The van der Waals surface area contributed by atoms with Gasteiger partial charge in [0, 0.05) is 31.1 Å². The molecule has 5 nitrogen and oxygen atoms in total. The molecule has 2 aromatic rings. The standard InChI is InChI=1S/C14H16N4O/c1-10-3-2-4-12(16-10)17-14(19)11-5-6-13-15-7-8-18(13)9-11/h2-4,7-8,11H,5-6,9H2,1H3,(H,16,17,19). The Balaban J connectivity index is 1.69. The van der Waals surface area contributed by atoms with Gasteiger partial charge < -0.3 is 9.88 Å². The van der Waals surface area contributed by atoms with E-state index in [1.54, 1.807) is 6.20 Å². The van der Waals surface area contributed by atoms with Gasteiger partial charge in [0.2, 0.25) is 5.91 Å². The molecule has 1 unspecified atom stereocenters. The molecule has 1 aliphatic rings. The first-order valence-corrected chi connectivity index (χ1v) is 6.47. The minimum atomic E-state index is -0.0102. The van der Waals surface area contributed by atoms with Crippen LogP contribution in [0.25, 0.3) is 0 Å². The van der Waals surface area contributed by atoms with Crippen LogP contribution in [0.3, 0.4) is 0 Å². The average molecular weight is 256 g/mol. The van der Waals surface area contributed by atoms with Crippen molar-refractivity contribution in [2.45, 2.75) is 26.3 Å². The van der Waals surface area contributed by atoms with Gasteiger partial charge in [0.05, 0.1) is 5.92 Å². The lowest BCUT2D eigenvalue weighted by Crippen LogP contribution is -2.31. The monoisotopic (exact) mass is 256 g/mol. The minimum absolute atomic E-state index is 0.0102. The Hall–Kier alpha value is -2.17. The molecule has 0 bridgehead atoms. The lowest BCUT2D eigenvalue weighted by Gasteiger charge is -2.22. The topological polar surface area (TPSA) is 59.8 Å². The summed E-state index contributed by atoms with van der Waals surface area (Å²) in [4.78, 5) is 20.8. The van der Waals surface area contributed by atoms with E-state index < -0.39 is 0 Å². The summed E-state index contributed by atoms with van der Waals surface area (Å²) in [6, 6.07) is 5.62. The number of aromatic nitrogens is 3. The lowest BCUT2D eigenvalue weighted by atomic mass is 9.98. The third kappa shape index (κ3) is 2.50. The molecule has 1 N–H and O–H groups in total. The highest BCUT2D eigenvalue weighted by atomic mass is 16.2. The third-order valence-corrected chi connectivity index (χ3v) is 3.45. The first-order chi connectivity index (χ1) is 9.22. The summed E-state index contributed by atoms with van der Waals surface area (Å²) >= 11 is 0. The fourth-order valence-electron chi connectivity index (χ4n) is 2.42. The van der Waals surface area contributed by atoms with E-state index >= 15 is 0 Å².